The van der Waals surface area contributed by atoms with Crippen LogP contribution in [0.15, 0.2) is 18.5 Å². The molecule has 1 N–H and O–H groups in total. The minimum Gasteiger partial charge on any atom is -0.332 e. The van der Waals surface area contributed by atoms with Gasteiger partial charge in [0.15, 0.2) is 0 Å². The SMILES string of the molecule is Cc1nn(C)cc1Nc1ncc(C#N)cc1[N+](=O)[O-]. The second kappa shape index (κ2) is 4.73. The Morgan fingerprint density at radius 2 is 2.32 bits per heavy atom. The highest BCUT2D eigenvalue weighted by Gasteiger charge is 2.17. The van der Waals surface area contributed by atoms with Crippen LogP contribution in [0.25, 0.3) is 0 Å². The van der Waals surface area contributed by atoms with Crippen molar-refractivity contribution in [1.82, 2.24) is 14.8 Å². The smallest absolute Gasteiger partial charge is 0.313 e. The molecule has 0 aliphatic carbocycles. The summed E-state index contributed by atoms with van der Waals surface area (Å²) in [6, 6.07) is 3.00. The molecule has 0 atom stereocenters. The maximum Gasteiger partial charge on any atom is 0.313 e. The molecule has 2 rings (SSSR count). The van der Waals surface area contributed by atoms with E-state index in [0.717, 1.165) is 0 Å². The molecule has 0 fully saturated rings. The fourth-order valence-corrected chi connectivity index (χ4v) is 1.60. The van der Waals surface area contributed by atoms with Crippen molar-refractivity contribution in [2.75, 3.05) is 5.32 Å². The largest absolute Gasteiger partial charge is 0.332 e. The van der Waals surface area contributed by atoms with Gasteiger partial charge in [-0.2, -0.15) is 10.4 Å². The fraction of sp³-hybridized carbons (Fsp3) is 0.182. The van der Waals surface area contributed by atoms with Crippen LogP contribution in [-0.2, 0) is 7.05 Å². The molecular weight excluding hydrogens is 248 g/mol. The molecule has 2 heterocycles. The summed E-state index contributed by atoms with van der Waals surface area (Å²) in [5, 5.41) is 26.7. The highest BCUT2D eigenvalue weighted by molar-refractivity contribution is 5.67. The second-order valence-electron chi connectivity index (χ2n) is 3.89. The molecule has 2 aromatic rings. The zero-order valence-electron chi connectivity index (χ0n) is 10.3. The molecular formula is C11H10N6O2. The Hall–Kier alpha value is -2.95. The number of aryl methyl sites for hydroxylation is 2. The lowest BCUT2D eigenvalue weighted by Gasteiger charge is -2.04. The van der Waals surface area contributed by atoms with Gasteiger partial charge in [0, 0.05) is 25.5 Å². The van der Waals surface area contributed by atoms with Crippen LogP contribution in [0.1, 0.15) is 11.3 Å². The Labute approximate surface area is 108 Å². The zero-order chi connectivity index (χ0) is 14.0. The normalized spacial score (nSPS) is 9.95. The first-order chi connectivity index (χ1) is 9.01. The lowest BCUT2D eigenvalue weighted by molar-refractivity contribution is -0.384. The lowest BCUT2D eigenvalue weighted by atomic mass is 10.2. The van der Waals surface area contributed by atoms with Gasteiger partial charge in [0.1, 0.15) is 6.07 Å². The average Bonchev–Trinajstić information content (AvgIpc) is 2.68. The van der Waals surface area contributed by atoms with Crippen LogP contribution >= 0.6 is 0 Å². The van der Waals surface area contributed by atoms with Gasteiger partial charge in [0.2, 0.25) is 5.82 Å². The van der Waals surface area contributed by atoms with Crippen LogP contribution in [-0.4, -0.2) is 19.7 Å². The molecule has 2 aromatic heterocycles. The van der Waals surface area contributed by atoms with E-state index in [1.807, 2.05) is 6.07 Å². The number of anilines is 2. The van der Waals surface area contributed by atoms with Crippen molar-refractivity contribution in [3.05, 3.63) is 39.8 Å². The molecule has 0 aliphatic heterocycles. The quantitative estimate of drug-likeness (QED) is 0.662. The Morgan fingerprint density at radius 1 is 1.58 bits per heavy atom. The number of nitrogens with zero attached hydrogens (tertiary/aromatic N) is 5. The van der Waals surface area contributed by atoms with Gasteiger partial charge in [-0.15, -0.1) is 0 Å². The standard InChI is InChI=1S/C11H10N6O2/c1-7-9(6-16(2)15-7)14-11-10(17(18)19)3-8(4-12)5-13-11/h3,5-6H,1-2H3,(H,13,14). The van der Waals surface area contributed by atoms with E-state index in [-0.39, 0.29) is 17.1 Å². The first-order valence-electron chi connectivity index (χ1n) is 5.33. The maximum atomic E-state index is 11.0. The lowest BCUT2D eigenvalue weighted by Crippen LogP contribution is -2.00. The van der Waals surface area contributed by atoms with E-state index in [1.165, 1.54) is 12.3 Å². The van der Waals surface area contributed by atoms with Crippen LogP contribution in [0.4, 0.5) is 17.2 Å². The first kappa shape index (κ1) is 12.5. The second-order valence-corrected chi connectivity index (χ2v) is 3.89. The summed E-state index contributed by atoms with van der Waals surface area (Å²) in [7, 11) is 1.75. The molecule has 8 heteroatoms. The van der Waals surface area contributed by atoms with Crippen LogP contribution in [0.2, 0.25) is 0 Å². The van der Waals surface area contributed by atoms with Crippen molar-refractivity contribution >= 4 is 17.2 Å². The fourth-order valence-electron chi connectivity index (χ4n) is 1.60. The van der Waals surface area contributed by atoms with Gasteiger partial charge in [-0.3, -0.25) is 14.8 Å². The number of pyridine rings is 1. The Kier molecular flexibility index (Phi) is 3.12. The van der Waals surface area contributed by atoms with E-state index in [4.69, 9.17) is 5.26 Å². The number of nitrogens with one attached hydrogen (secondary N) is 1. The van der Waals surface area contributed by atoms with E-state index in [2.05, 4.69) is 15.4 Å². The number of rotatable bonds is 3. The third-order valence-corrected chi connectivity index (χ3v) is 2.46. The molecule has 19 heavy (non-hydrogen) atoms. The van der Waals surface area contributed by atoms with Crippen LogP contribution in [0, 0.1) is 28.4 Å². The van der Waals surface area contributed by atoms with E-state index in [1.54, 1.807) is 24.9 Å². The summed E-state index contributed by atoms with van der Waals surface area (Å²) < 4.78 is 1.59. The molecule has 0 spiro atoms. The molecule has 0 bridgehead atoms. The highest BCUT2D eigenvalue weighted by atomic mass is 16.6. The third-order valence-electron chi connectivity index (χ3n) is 2.46. The Morgan fingerprint density at radius 3 is 2.84 bits per heavy atom. The summed E-state index contributed by atoms with van der Waals surface area (Å²) in [6.07, 6.45) is 2.97. The summed E-state index contributed by atoms with van der Waals surface area (Å²) >= 11 is 0. The van der Waals surface area contributed by atoms with Gasteiger partial charge in [-0.05, 0) is 6.92 Å². The van der Waals surface area contributed by atoms with E-state index >= 15 is 0 Å². The molecule has 0 aromatic carbocycles. The van der Waals surface area contributed by atoms with E-state index in [9.17, 15) is 10.1 Å². The van der Waals surface area contributed by atoms with E-state index in [0.29, 0.717) is 11.4 Å². The summed E-state index contributed by atoms with van der Waals surface area (Å²) in [5.74, 6) is 0.0834. The summed E-state index contributed by atoms with van der Waals surface area (Å²) in [4.78, 5) is 14.3. The van der Waals surface area contributed by atoms with Gasteiger partial charge in [-0.1, -0.05) is 0 Å². The zero-order valence-corrected chi connectivity index (χ0v) is 10.3. The van der Waals surface area contributed by atoms with Gasteiger partial charge < -0.3 is 5.32 Å². The molecule has 0 unspecified atom stereocenters. The van der Waals surface area contributed by atoms with Gasteiger partial charge >= 0.3 is 5.69 Å². The van der Waals surface area contributed by atoms with Crippen LogP contribution in [0.5, 0.6) is 0 Å². The molecule has 0 aliphatic rings. The number of nitriles is 1. The number of aromatic nitrogens is 3. The van der Waals surface area contributed by atoms with Crippen LogP contribution < -0.4 is 5.32 Å². The molecule has 0 saturated heterocycles. The maximum absolute atomic E-state index is 11.0. The molecule has 96 valence electrons. The van der Waals surface area contributed by atoms with Crippen molar-refractivity contribution in [2.45, 2.75) is 6.92 Å². The topological polar surface area (TPSA) is 110 Å². The minimum atomic E-state index is -0.581. The first-order valence-corrected chi connectivity index (χ1v) is 5.33. The highest BCUT2D eigenvalue weighted by Crippen LogP contribution is 2.26. The van der Waals surface area contributed by atoms with Crippen molar-refractivity contribution in [3.8, 4) is 6.07 Å². The number of nitro groups is 1. The number of hydrogen-bond donors (Lipinski definition) is 1. The van der Waals surface area contributed by atoms with Gasteiger partial charge in [0.25, 0.3) is 0 Å². The van der Waals surface area contributed by atoms with E-state index < -0.39 is 4.92 Å². The summed E-state index contributed by atoms with van der Waals surface area (Å²) in [5.41, 5.74) is 1.22. The predicted molar refractivity (Wildman–Crippen MR) is 66.8 cm³/mol. The van der Waals surface area contributed by atoms with Gasteiger partial charge in [-0.25, -0.2) is 4.98 Å². The summed E-state index contributed by atoms with van der Waals surface area (Å²) in [6.45, 7) is 1.78. The third kappa shape index (κ3) is 2.50. The van der Waals surface area contributed by atoms with Gasteiger partial charge in [0.05, 0.1) is 21.9 Å². The minimum absolute atomic E-state index is 0.0834. The molecule has 0 amide bonds. The molecule has 0 saturated carbocycles. The number of hydrogen-bond acceptors (Lipinski definition) is 6. The monoisotopic (exact) mass is 258 g/mol. The predicted octanol–water partition coefficient (Wildman–Crippen LogP) is 1.65. The Bertz CT molecular complexity index is 685. The molecule has 8 nitrogen and oxygen atoms in total. The van der Waals surface area contributed by atoms with Crippen molar-refractivity contribution in [1.29, 1.82) is 5.26 Å². The van der Waals surface area contributed by atoms with Crippen molar-refractivity contribution in [2.24, 2.45) is 7.05 Å². The van der Waals surface area contributed by atoms with Crippen molar-refractivity contribution in [3.63, 3.8) is 0 Å². The average molecular weight is 258 g/mol. The molecule has 0 radical (unpaired) electrons. The van der Waals surface area contributed by atoms with Crippen LogP contribution in [0.3, 0.4) is 0 Å². The van der Waals surface area contributed by atoms with Crippen molar-refractivity contribution < 1.29 is 4.92 Å². The Balaban J connectivity index is 2.43.